The first-order chi connectivity index (χ1) is 10.8. The smallest absolute Gasteiger partial charge is 0.410 e. The van der Waals surface area contributed by atoms with Crippen molar-refractivity contribution in [3.63, 3.8) is 0 Å². The van der Waals surface area contributed by atoms with E-state index in [1.54, 1.807) is 30.3 Å². The maximum Gasteiger partial charge on any atom is 0.410 e. The second kappa shape index (κ2) is 8.36. The number of ether oxygens (including phenoxy) is 3. The summed E-state index contributed by atoms with van der Waals surface area (Å²) in [4.78, 5) is 11.2. The van der Waals surface area contributed by atoms with Crippen LogP contribution in [-0.4, -0.2) is 19.4 Å². The Labute approximate surface area is 129 Å². The van der Waals surface area contributed by atoms with E-state index in [4.69, 9.17) is 14.2 Å². The normalized spacial score (nSPS) is 9.64. The second-order valence-corrected chi connectivity index (χ2v) is 4.25. The van der Waals surface area contributed by atoms with Gasteiger partial charge in [-0.05, 0) is 36.4 Å². The molecule has 0 saturated carbocycles. The van der Waals surface area contributed by atoms with Crippen molar-refractivity contribution in [2.75, 3.05) is 13.3 Å². The van der Waals surface area contributed by atoms with Crippen LogP contribution in [0.4, 0.5) is 4.79 Å². The predicted octanol–water partition coefficient (Wildman–Crippen LogP) is 3.73. The van der Waals surface area contributed by atoms with E-state index in [9.17, 15) is 4.79 Å². The molecule has 2 rings (SSSR count). The van der Waals surface area contributed by atoms with Crippen LogP contribution in [0.2, 0.25) is 0 Å². The highest BCUT2D eigenvalue weighted by molar-refractivity contribution is 5.67. The van der Waals surface area contributed by atoms with Crippen molar-refractivity contribution in [2.45, 2.75) is 0 Å². The highest BCUT2D eigenvalue weighted by atomic mass is 16.7. The molecule has 22 heavy (non-hydrogen) atoms. The molecule has 0 atom stereocenters. The molecule has 0 bridgehead atoms. The minimum atomic E-state index is -0.552. The number of benzene rings is 2. The van der Waals surface area contributed by atoms with Gasteiger partial charge in [0.05, 0.1) is 0 Å². The van der Waals surface area contributed by atoms with Gasteiger partial charge in [0.2, 0.25) is 6.79 Å². The van der Waals surface area contributed by atoms with Gasteiger partial charge in [-0.1, -0.05) is 24.3 Å². The standard InChI is InChI=1S/C17H17NO4/c1-2-12-18-17(19)21-13-20-14-8-10-16(11-9-14)22-15-6-4-3-5-7-15/h2-11H,1,12-13H2,(H,18,19). The maximum atomic E-state index is 11.2. The Bertz CT molecular complexity index is 596. The van der Waals surface area contributed by atoms with Crippen LogP contribution >= 0.6 is 0 Å². The van der Waals surface area contributed by atoms with Crippen LogP contribution in [0.3, 0.4) is 0 Å². The van der Waals surface area contributed by atoms with Crippen LogP contribution in [0.1, 0.15) is 0 Å². The van der Waals surface area contributed by atoms with Crippen molar-refractivity contribution in [3.8, 4) is 17.2 Å². The molecule has 0 spiro atoms. The zero-order valence-electron chi connectivity index (χ0n) is 12.0. The van der Waals surface area contributed by atoms with Crippen LogP contribution in [-0.2, 0) is 4.74 Å². The van der Waals surface area contributed by atoms with Gasteiger partial charge in [-0.2, -0.15) is 0 Å². The zero-order chi connectivity index (χ0) is 15.6. The van der Waals surface area contributed by atoms with E-state index >= 15 is 0 Å². The summed E-state index contributed by atoms with van der Waals surface area (Å²) >= 11 is 0. The first kappa shape index (κ1) is 15.4. The highest BCUT2D eigenvalue weighted by Crippen LogP contribution is 2.23. The summed E-state index contributed by atoms with van der Waals surface area (Å²) in [7, 11) is 0. The number of amides is 1. The van der Waals surface area contributed by atoms with Gasteiger partial charge < -0.3 is 19.5 Å². The van der Waals surface area contributed by atoms with Crippen molar-refractivity contribution in [1.29, 1.82) is 0 Å². The van der Waals surface area contributed by atoms with Crippen molar-refractivity contribution in [3.05, 3.63) is 67.3 Å². The van der Waals surface area contributed by atoms with E-state index < -0.39 is 6.09 Å². The third-order valence-corrected chi connectivity index (χ3v) is 2.61. The average molecular weight is 299 g/mol. The molecule has 0 unspecified atom stereocenters. The molecular formula is C17H17NO4. The van der Waals surface area contributed by atoms with E-state index in [1.807, 2.05) is 30.3 Å². The first-order valence-electron chi connectivity index (χ1n) is 6.75. The molecule has 2 aromatic rings. The Morgan fingerprint density at radius 2 is 1.64 bits per heavy atom. The molecule has 1 N–H and O–H groups in total. The van der Waals surface area contributed by atoms with Gasteiger partial charge in [0.25, 0.3) is 0 Å². The third kappa shape index (κ3) is 5.20. The number of carbonyl (C=O) groups is 1. The lowest BCUT2D eigenvalue weighted by atomic mass is 10.3. The Morgan fingerprint density at radius 1 is 1.00 bits per heavy atom. The number of rotatable bonds is 7. The Balaban J connectivity index is 1.77. The van der Waals surface area contributed by atoms with Crippen molar-refractivity contribution in [2.24, 2.45) is 0 Å². The Morgan fingerprint density at radius 3 is 2.32 bits per heavy atom. The fraction of sp³-hybridized carbons (Fsp3) is 0.118. The zero-order valence-corrected chi connectivity index (χ0v) is 12.0. The Hall–Kier alpha value is -2.95. The average Bonchev–Trinajstić information content (AvgIpc) is 2.55. The molecule has 0 saturated heterocycles. The van der Waals surface area contributed by atoms with Gasteiger partial charge in [0.1, 0.15) is 17.2 Å². The van der Waals surface area contributed by atoms with Gasteiger partial charge in [0.15, 0.2) is 0 Å². The molecule has 0 aromatic heterocycles. The quantitative estimate of drug-likeness (QED) is 0.625. The summed E-state index contributed by atoms with van der Waals surface area (Å²) in [5.74, 6) is 2.04. The number of hydrogen-bond acceptors (Lipinski definition) is 4. The number of nitrogens with one attached hydrogen (secondary N) is 1. The number of para-hydroxylation sites is 1. The van der Waals surface area contributed by atoms with Gasteiger partial charge in [-0.25, -0.2) is 4.79 Å². The number of alkyl carbamates (subject to hydrolysis) is 1. The van der Waals surface area contributed by atoms with Crippen LogP contribution in [0.25, 0.3) is 0 Å². The third-order valence-electron chi connectivity index (χ3n) is 2.61. The lowest BCUT2D eigenvalue weighted by molar-refractivity contribution is 0.0601. The summed E-state index contributed by atoms with van der Waals surface area (Å²) < 4.78 is 15.8. The number of hydrogen-bond donors (Lipinski definition) is 1. The molecule has 0 fully saturated rings. The van der Waals surface area contributed by atoms with Crippen LogP contribution in [0.5, 0.6) is 17.2 Å². The van der Waals surface area contributed by atoms with Crippen LogP contribution in [0.15, 0.2) is 67.3 Å². The summed E-state index contributed by atoms with van der Waals surface area (Å²) in [5.41, 5.74) is 0. The SMILES string of the molecule is C=CCNC(=O)OCOc1ccc(Oc2ccccc2)cc1. The molecule has 5 nitrogen and oxygen atoms in total. The largest absolute Gasteiger partial charge is 0.457 e. The fourth-order valence-corrected chi connectivity index (χ4v) is 1.59. The molecular weight excluding hydrogens is 282 g/mol. The van der Waals surface area contributed by atoms with E-state index in [-0.39, 0.29) is 6.79 Å². The molecule has 0 heterocycles. The predicted molar refractivity (Wildman–Crippen MR) is 83.1 cm³/mol. The summed E-state index contributed by atoms with van der Waals surface area (Å²) in [6, 6.07) is 16.5. The van der Waals surface area contributed by atoms with Gasteiger partial charge >= 0.3 is 6.09 Å². The lowest BCUT2D eigenvalue weighted by Crippen LogP contribution is -2.25. The monoisotopic (exact) mass is 299 g/mol. The maximum absolute atomic E-state index is 11.2. The summed E-state index contributed by atoms with van der Waals surface area (Å²) in [5, 5.41) is 2.48. The first-order valence-corrected chi connectivity index (χ1v) is 6.75. The van der Waals surface area contributed by atoms with Crippen LogP contribution < -0.4 is 14.8 Å². The minimum absolute atomic E-state index is 0.165. The summed E-state index contributed by atoms with van der Waals surface area (Å²) in [6.07, 6.45) is 1.01. The van der Waals surface area contributed by atoms with Crippen molar-refractivity contribution >= 4 is 6.09 Å². The fourth-order valence-electron chi connectivity index (χ4n) is 1.59. The molecule has 0 aliphatic carbocycles. The topological polar surface area (TPSA) is 56.8 Å². The van der Waals surface area contributed by atoms with Gasteiger partial charge in [0, 0.05) is 6.54 Å². The molecule has 0 radical (unpaired) electrons. The molecule has 114 valence electrons. The van der Waals surface area contributed by atoms with Crippen LogP contribution in [0, 0.1) is 0 Å². The van der Waals surface area contributed by atoms with E-state index in [0.29, 0.717) is 18.0 Å². The van der Waals surface area contributed by atoms with E-state index in [1.165, 1.54) is 0 Å². The highest BCUT2D eigenvalue weighted by Gasteiger charge is 2.01. The van der Waals surface area contributed by atoms with Gasteiger partial charge in [-0.3, -0.25) is 0 Å². The molecule has 5 heteroatoms. The lowest BCUT2D eigenvalue weighted by Gasteiger charge is -2.09. The second-order valence-electron chi connectivity index (χ2n) is 4.25. The molecule has 1 amide bonds. The molecule has 0 aliphatic rings. The summed E-state index contributed by atoms with van der Waals surface area (Å²) in [6.45, 7) is 3.67. The molecule has 2 aromatic carbocycles. The van der Waals surface area contributed by atoms with E-state index in [2.05, 4.69) is 11.9 Å². The molecule has 0 aliphatic heterocycles. The van der Waals surface area contributed by atoms with E-state index in [0.717, 1.165) is 5.75 Å². The minimum Gasteiger partial charge on any atom is -0.457 e. The Kier molecular flexibility index (Phi) is 5.87. The number of carbonyl (C=O) groups excluding carboxylic acids is 1. The van der Waals surface area contributed by atoms with Crippen molar-refractivity contribution in [1.82, 2.24) is 5.32 Å². The van der Waals surface area contributed by atoms with Crippen molar-refractivity contribution < 1.29 is 19.0 Å². The van der Waals surface area contributed by atoms with Gasteiger partial charge in [-0.15, -0.1) is 6.58 Å².